The van der Waals surface area contributed by atoms with Gasteiger partial charge in [0.15, 0.2) is 0 Å². The van der Waals surface area contributed by atoms with E-state index >= 15 is 0 Å². The second-order valence-corrected chi connectivity index (χ2v) is 8.63. The van der Waals surface area contributed by atoms with Crippen LogP contribution in [0.3, 0.4) is 0 Å². The van der Waals surface area contributed by atoms with Gasteiger partial charge in [-0.15, -0.1) is 11.8 Å². The molecule has 3 nitrogen and oxygen atoms in total. The molecule has 23 heavy (non-hydrogen) atoms. The van der Waals surface area contributed by atoms with Crippen molar-refractivity contribution in [1.82, 2.24) is 4.98 Å². The third-order valence-electron chi connectivity index (χ3n) is 5.05. The van der Waals surface area contributed by atoms with Crippen molar-refractivity contribution in [3.05, 3.63) is 22.9 Å². The second-order valence-electron chi connectivity index (χ2n) is 6.63. The Bertz CT molecular complexity index is 614. The van der Waals surface area contributed by atoms with Gasteiger partial charge in [0.25, 0.3) is 0 Å². The average molecular weight is 349 g/mol. The molecule has 0 amide bonds. The maximum Gasteiger partial charge on any atom is 0.114 e. The maximum atomic E-state index is 11.0. The minimum absolute atomic E-state index is 0.298. The molecule has 2 aliphatic carbocycles. The van der Waals surface area contributed by atoms with Crippen molar-refractivity contribution in [1.29, 1.82) is 5.26 Å². The lowest BCUT2D eigenvalue weighted by Crippen LogP contribution is -2.45. The van der Waals surface area contributed by atoms with E-state index < -0.39 is 5.60 Å². The lowest BCUT2D eigenvalue weighted by atomic mass is 9.86. The molecule has 0 unspecified atom stereocenters. The van der Waals surface area contributed by atoms with Crippen molar-refractivity contribution in [3.8, 4) is 6.07 Å². The Morgan fingerprint density at radius 2 is 2.17 bits per heavy atom. The molecule has 3 rings (SSSR count). The molecule has 1 aromatic rings. The van der Waals surface area contributed by atoms with E-state index in [-0.39, 0.29) is 0 Å². The van der Waals surface area contributed by atoms with Crippen LogP contribution in [0.1, 0.15) is 55.3 Å². The van der Waals surface area contributed by atoms with Gasteiger partial charge >= 0.3 is 0 Å². The van der Waals surface area contributed by atoms with Crippen LogP contribution in [0.15, 0.2) is 11.1 Å². The summed E-state index contributed by atoms with van der Waals surface area (Å²) in [6.07, 6.45) is 10.8. The predicted molar refractivity (Wildman–Crippen MR) is 97.0 cm³/mol. The first-order valence-electron chi connectivity index (χ1n) is 8.47. The van der Waals surface area contributed by atoms with E-state index in [1.165, 1.54) is 24.8 Å². The number of nitrogens with zero attached hydrogens (tertiary/aromatic N) is 2. The summed E-state index contributed by atoms with van der Waals surface area (Å²) in [6, 6.07) is 4.33. The fourth-order valence-electron chi connectivity index (χ4n) is 3.69. The SMILES string of the molecule is CS[C@@H]1CCCC[C@@]1(O)CSc1nc2c(cc1C#N)CCCC2. The van der Waals surface area contributed by atoms with Gasteiger partial charge in [-0.3, -0.25) is 0 Å². The van der Waals surface area contributed by atoms with E-state index in [4.69, 9.17) is 4.98 Å². The third kappa shape index (κ3) is 3.70. The number of hydrogen-bond acceptors (Lipinski definition) is 5. The quantitative estimate of drug-likeness (QED) is 0.835. The first-order valence-corrected chi connectivity index (χ1v) is 10.7. The minimum Gasteiger partial charge on any atom is -0.388 e. The Morgan fingerprint density at radius 3 is 2.96 bits per heavy atom. The summed E-state index contributed by atoms with van der Waals surface area (Å²) < 4.78 is 0. The summed E-state index contributed by atoms with van der Waals surface area (Å²) in [5.74, 6) is 0.638. The van der Waals surface area contributed by atoms with E-state index in [1.54, 1.807) is 23.5 Å². The molecule has 2 aliphatic rings. The van der Waals surface area contributed by atoms with E-state index in [9.17, 15) is 10.4 Å². The van der Waals surface area contributed by atoms with Gasteiger partial charge in [-0.2, -0.15) is 17.0 Å². The molecule has 2 atom stereocenters. The molecular formula is C18H24N2OS2. The van der Waals surface area contributed by atoms with Gasteiger partial charge in [-0.05, 0) is 56.4 Å². The number of aliphatic hydroxyl groups is 1. The molecule has 1 fully saturated rings. The Labute approximate surface area is 147 Å². The smallest absolute Gasteiger partial charge is 0.114 e. The molecule has 1 saturated carbocycles. The number of rotatable bonds is 4. The van der Waals surface area contributed by atoms with Crippen LogP contribution in [0.2, 0.25) is 0 Å². The highest BCUT2D eigenvalue weighted by Gasteiger charge is 2.38. The standard InChI is InChI=1S/C18H24N2OS2/c1-22-16-8-4-5-9-18(16,21)12-23-17-14(11-19)10-13-6-2-3-7-15(13)20-17/h10,16,21H,2-9,12H2,1H3/t16-,18-/m1/s1. The number of thioether (sulfide) groups is 2. The molecule has 1 heterocycles. The summed E-state index contributed by atoms with van der Waals surface area (Å²) in [5.41, 5.74) is 2.45. The number of pyridine rings is 1. The normalized spacial score (nSPS) is 27.3. The first-order chi connectivity index (χ1) is 11.2. The summed E-state index contributed by atoms with van der Waals surface area (Å²) in [5, 5.41) is 21.6. The summed E-state index contributed by atoms with van der Waals surface area (Å²) in [4.78, 5) is 4.77. The largest absolute Gasteiger partial charge is 0.388 e. The van der Waals surface area contributed by atoms with Crippen LogP contribution in [0, 0.1) is 11.3 Å². The zero-order chi connectivity index (χ0) is 16.3. The summed E-state index contributed by atoms with van der Waals surface area (Å²) in [6.45, 7) is 0. The fraction of sp³-hybridized carbons (Fsp3) is 0.667. The Balaban J connectivity index is 1.78. The van der Waals surface area contributed by atoms with Crippen molar-refractivity contribution < 1.29 is 5.11 Å². The molecule has 5 heteroatoms. The molecule has 0 aromatic carbocycles. The Kier molecular flexibility index (Phi) is 5.56. The lowest BCUT2D eigenvalue weighted by Gasteiger charge is -2.38. The number of nitriles is 1. The topological polar surface area (TPSA) is 56.9 Å². The molecule has 0 aliphatic heterocycles. The van der Waals surface area contributed by atoms with Gasteiger partial charge < -0.3 is 5.11 Å². The highest BCUT2D eigenvalue weighted by molar-refractivity contribution is 8.00. The van der Waals surface area contributed by atoms with Gasteiger partial charge in [0.05, 0.1) is 11.2 Å². The van der Waals surface area contributed by atoms with Crippen LogP contribution < -0.4 is 0 Å². The third-order valence-corrected chi connectivity index (χ3v) is 7.53. The van der Waals surface area contributed by atoms with Crippen LogP contribution in [0.5, 0.6) is 0 Å². The molecule has 0 spiro atoms. The Hall–Kier alpha value is -0.700. The van der Waals surface area contributed by atoms with Crippen molar-refractivity contribution in [2.45, 2.75) is 67.2 Å². The highest BCUT2D eigenvalue weighted by atomic mass is 32.2. The molecular weight excluding hydrogens is 324 g/mol. The van der Waals surface area contributed by atoms with Crippen LogP contribution in [0.4, 0.5) is 0 Å². The lowest BCUT2D eigenvalue weighted by molar-refractivity contribution is 0.0340. The molecule has 0 radical (unpaired) electrons. The summed E-state index contributed by atoms with van der Waals surface area (Å²) in [7, 11) is 0. The van der Waals surface area contributed by atoms with Gasteiger partial charge in [0.2, 0.25) is 0 Å². The van der Waals surface area contributed by atoms with Gasteiger partial charge in [0.1, 0.15) is 11.1 Å². The van der Waals surface area contributed by atoms with E-state index in [0.29, 0.717) is 16.6 Å². The molecule has 1 aromatic heterocycles. The van der Waals surface area contributed by atoms with Crippen molar-refractivity contribution in [2.24, 2.45) is 0 Å². The molecule has 1 N–H and O–H groups in total. The van der Waals surface area contributed by atoms with Crippen LogP contribution in [-0.4, -0.2) is 33.0 Å². The van der Waals surface area contributed by atoms with Crippen LogP contribution >= 0.6 is 23.5 Å². The van der Waals surface area contributed by atoms with Crippen molar-refractivity contribution in [2.75, 3.05) is 12.0 Å². The average Bonchev–Trinajstić information content (AvgIpc) is 2.59. The van der Waals surface area contributed by atoms with Crippen molar-refractivity contribution in [3.63, 3.8) is 0 Å². The number of fused-ring (bicyclic) bond motifs is 1. The monoisotopic (exact) mass is 348 g/mol. The highest BCUT2D eigenvalue weighted by Crippen LogP contribution is 2.39. The zero-order valence-corrected chi connectivity index (χ0v) is 15.3. The van der Waals surface area contributed by atoms with Crippen LogP contribution in [0.25, 0.3) is 0 Å². The predicted octanol–water partition coefficient (Wildman–Crippen LogP) is 3.96. The number of hydrogen-bond donors (Lipinski definition) is 1. The number of aromatic nitrogens is 1. The molecule has 124 valence electrons. The first kappa shape index (κ1) is 17.1. The summed E-state index contributed by atoms with van der Waals surface area (Å²) >= 11 is 3.34. The minimum atomic E-state index is -0.632. The second kappa shape index (κ2) is 7.46. The fourth-order valence-corrected chi connectivity index (χ4v) is 6.01. The van der Waals surface area contributed by atoms with E-state index in [1.807, 2.05) is 6.07 Å². The van der Waals surface area contributed by atoms with E-state index in [0.717, 1.165) is 42.8 Å². The van der Waals surface area contributed by atoms with Crippen LogP contribution in [-0.2, 0) is 12.8 Å². The zero-order valence-electron chi connectivity index (χ0n) is 13.7. The van der Waals surface area contributed by atoms with Gasteiger partial charge in [-0.25, -0.2) is 4.98 Å². The number of aryl methyl sites for hydroxylation is 2. The Morgan fingerprint density at radius 1 is 1.35 bits per heavy atom. The molecule has 0 saturated heterocycles. The van der Waals surface area contributed by atoms with Crippen molar-refractivity contribution >= 4 is 23.5 Å². The molecule has 0 bridgehead atoms. The van der Waals surface area contributed by atoms with Gasteiger partial charge in [0, 0.05) is 16.7 Å². The van der Waals surface area contributed by atoms with Gasteiger partial charge in [-0.1, -0.05) is 12.8 Å². The van der Waals surface area contributed by atoms with E-state index in [2.05, 4.69) is 12.3 Å². The maximum absolute atomic E-state index is 11.0.